The number of nitrogens with zero attached hydrogens (tertiary/aromatic N) is 1. The molecule has 0 bridgehead atoms. The smallest absolute Gasteiger partial charge is 0.224 e. The summed E-state index contributed by atoms with van der Waals surface area (Å²) in [6, 6.07) is 5.76. The molecule has 0 spiro atoms. The molecule has 0 aliphatic carbocycles. The van der Waals surface area contributed by atoms with Gasteiger partial charge in [-0.2, -0.15) is 0 Å². The summed E-state index contributed by atoms with van der Waals surface area (Å²) >= 11 is 0. The topological polar surface area (TPSA) is 99.7 Å². The SMILES string of the molecule is CN=C(NCCNC(=O)Cc1ccc(F)cc1)NC(C)CCS(C)(=O)=O. The zero-order valence-corrected chi connectivity index (χ0v) is 16.2. The summed E-state index contributed by atoms with van der Waals surface area (Å²) in [7, 11) is -1.37. The molecule has 0 saturated heterocycles. The summed E-state index contributed by atoms with van der Waals surface area (Å²) in [4.78, 5) is 15.9. The van der Waals surface area contributed by atoms with Crippen molar-refractivity contribution in [1.82, 2.24) is 16.0 Å². The number of amides is 1. The Morgan fingerprint density at radius 3 is 2.38 bits per heavy atom. The summed E-state index contributed by atoms with van der Waals surface area (Å²) in [5.41, 5.74) is 0.744. The van der Waals surface area contributed by atoms with Gasteiger partial charge in [0.05, 0.1) is 12.2 Å². The van der Waals surface area contributed by atoms with Crippen LogP contribution in [0.2, 0.25) is 0 Å². The van der Waals surface area contributed by atoms with Gasteiger partial charge in [-0.3, -0.25) is 9.79 Å². The Labute approximate surface area is 154 Å². The molecule has 0 aliphatic heterocycles. The number of sulfone groups is 1. The Morgan fingerprint density at radius 2 is 1.81 bits per heavy atom. The zero-order chi connectivity index (χ0) is 19.6. The van der Waals surface area contributed by atoms with Gasteiger partial charge in [0.2, 0.25) is 5.91 Å². The summed E-state index contributed by atoms with van der Waals surface area (Å²) in [6.07, 6.45) is 1.88. The lowest BCUT2D eigenvalue weighted by Gasteiger charge is -2.17. The third kappa shape index (κ3) is 9.97. The highest BCUT2D eigenvalue weighted by atomic mass is 32.2. The molecule has 1 aromatic rings. The van der Waals surface area contributed by atoms with Crippen LogP contribution in [0.25, 0.3) is 0 Å². The van der Waals surface area contributed by atoms with Crippen LogP contribution in [0.15, 0.2) is 29.3 Å². The molecular weight excluding hydrogens is 359 g/mol. The minimum atomic E-state index is -2.99. The van der Waals surface area contributed by atoms with E-state index < -0.39 is 9.84 Å². The van der Waals surface area contributed by atoms with Gasteiger partial charge in [0.15, 0.2) is 5.96 Å². The first-order valence-corrected chi connectivity index (χ1v) is 10.4. The molecule has 0 saturated carbocycles. The molecule has 3 N–H and O–H groups in total. The second-order valence-corrected chi connectivity index (χ2v) is 8.38. The van der Waals surface area contributed by atoms with Crippen LogP contribution in [-0.4, -0.2) is 58.5 Å². The maximum Gasteiger partial charge on any atom is 0.224 e. The number of guanidine groups is 1. The zero-order valence-electron chi connectivity index (χ0n) is 15.4. The van der Waals surface area contributed by atoms with E-state index in [1.807, 2.05) is 6.92 Å². The van der Waals surface area contributed by atoms with Crippen molar-refractivity contribution in [3.05, 3.63) is 35.6 Å². The fourth-order valence-electron chi connectivity index (χ4n) is 2.12. The van der Waals surface area contributed by atoms with Crippen LogP contribution in [-0.2, 0) is 21.1 Å². The number of nitrogens with one attached hydrogen (secondary N) is 3. The Kier molecular flexibility index (Phi) is 9.04. The number of rotatable bonds is 9. The third-order valence-corrected chi connectivity index (χ3v) is 4.52. The first kappa shape index (κ1) is 21.9. The maximum atomic E-state index is 12.8. The number of halogens is 1. The molecule has 0 radical (unpaired) electrons. The van der Waals surface area contributed by atoms with Gasteiger partial charge in [-0.15, -0.1) is 0 Å². The normalized spacial score (nSPS) is 13.2. The van der Waals surface area contributed by atoms with Crippen molar-refractivity contribution in [3.63, 3.8) is 0 Å². The van der Waals surface area contributed by atoms with Gasteiger partial charge >= 0.3 is 0 Å². The molecule has 1 rings (SSSR count). The fraction of sp³-hybridized carbons (Fsp3) is 0.529. The predicted molar refractivity (Wildman–Crippen MR) is 101 cm³/mol. The van der Waals surface area contributed by atoms with E-state index in [0.717, 1.165) is 5.56 Å². The van der Waals surface area contributed by atoms with Crippen LogP contribution in [0.3, 0.4) is 0 Å². The average molecular weight is 386 g/mol. The Bertz CT molecular complexity index is 705. The van der Waals surface area contributed by atoms with Gasteiger partial charge in [0.25, 0.3) is 0 Å². The van der Waals surface area contributed by atoms with Gasteiger partial charge in [0.1, 0.15) is 15.7 Å². The van der Waals surface area contributed by atoms with Crippen molar-refractivity contribution in [2.45, 2.75) is 25.8 Å². The van der Waals surface area contributed by atoms with E-state index in [0.29, 0.717) is 25.5 Å². The molecular formula is C17H27FN4O3S. The van der Waals surface area contributed by atoms with Crippen LogP contribution in [0.4, 0.5) is 4.39 Å². The highest BCUT2D eigenvalue weighted by Gasteiger charge is 2.09. The van der Waals surface area contributed by atoms with Crippen molar-refractivity contribution < 1.29 is 17.6 Å². The quantitative estimate of drug-likeness (QED) is 0.326. The van der Waals surface area contributed by atoms with Crippen molar-refractivity contribution >= 4 is 21.7 Å². The van der Waals surface area contributed by atoms with Gasteiger partial charge in [-0.1, -0.05) is 12.1 Å². The Morgan fingerprint density at radius 1 is 1.19 bits per heavy atom. The highest BCUT2D eigenvalue weighted by Crippen LogP contribution is 2.03. The molecule has 1 atom stereocenters. The van der Waals surface area contributed by atoms with Gasteiger partial charge in [0, 0.05) is 32.4 Å². The van der Waals surface area contributed by atoms with E-state index in [4.69, 9.17) is 0 Å². The van der Waals surface area contributed by atoms with E-state index in [1.54, 1.807) is 19.2 Å². The van der Waals surface area contributed by atoms with E-state index in [-0.39, 0.29) is 29.9 Å². The number of aliphatic imine (C=N–C) groups is 1. The number of hydrogen-bond donors (Lipinski definition) is 3. The number of carbonyl (C=O) groups excluding carboxylic acids is 1. The molecule has 7 nitrogen and oxygen atoms in total. The predicted octanol–water partition coefficient (Wildman–Crippen LogP) is 0.473. The molecule has 1 aromatic carbocycles. The molecule has 1 amide bonds. The lowest BCUT2D eigenvalue weighted by molar-refractivity contribution is -0.120. The van der Waals surface area contributed by atoms with Crippen LogP contribution in [0, 0.1) is 5.82 Å². The lowest BCUT2D eigenvalue weighted by Crippen LogP contribution is -2.45. The molecule has 1 unspecified atom stereocenters. The lowest BCUT2D eigenvalue weighted by atomic mass is 10.1. The highest BCUT2D eigenvalue weighted by molar-refractivity contribution is 7.90. The second-order valence-electron chi connectivity index (χ2n) is 6.12. The van der Waals surface area contributed by atoms with Crippen LogP contribution < -0.4 is 16.0 Å². The van der Waals surface area contributed by atoms with Crippen molar-refractivity contribution in [3.8, 4) is 0 Å². The van der Waals surface area contributed by atoms with Crippen LogP contribution >= 0.6 is 0 Å². The summed E-state index contributed by atoms with van der Waals surface area (Å²) < 4.78 is 35.2. The third-order valence-electron chi connectivity index (χ3n) is 3.55. The molecule has 0 heterocycles. The van der Waals surface area contributed by atoms with E-state index >= 15 is 0 Å². The van der Waals surface area contributed by atoms with Crippen LogP contribution in [0.1, 0.15) is 18.9 Å². The Hall–Kier alpha value is -2.16. The summed E-state index contributed by atoms with van der Waals surface area (Å²) in [5.74, 6) is 0.169. The number of benzene rings is 1. The standard InChI is InChI=1S/C17H27FN4O3S/c1-13(8-11-26(3,24)25)22-17(19-2)21-10-9-20-16(23)12-14-4-6-15(18)7-5-14/h4-7,13H,8-12H2,1-3H3,(H,20,23)(H2,19,21,22). The Balaban J connectivity index is 2.25. The summed E-state index contributed by atoms with van der Waals surface area (Å²) in [5, 5.41) is 8.91. The number of carbonyl (C=O) groups is 1. The second kappa shape index (κ2) is 10.7. The van der Waals surface area contributed by atoms with Gasteiger partial charge in [-0.05, 0) is 31.0 Å². The van der Waals surface area contributed by atoms with Crippen molar-refractivity contribution in [1.29, 1.82) is 0 Å². The first-order chi connectivity index (χ1) is 12.2. The molecule has 0 aliphatic rings. The van der Waals surface area contributed by atoms with Crippen molar-refractivity contribution in [2.75, 3.05) is 32.1 Å². The fourth-order valence-corrected chi connectivity index (χ4v) is 2.91. The van der Waals surface area contributed by atoms with E-state index in [2.05, 4.69) is 20.9 Å². The van der Waals surface area contributed by atoms with Gasteiger partial charge < -0.3 is 16.0 Å². The largest absolute Gasteiger partial charge is 0.355 e. The van der Waals surface area contributed by atoms with Crippen molar-refractivity contribution in [2.24, 2.45) is 4.99 Å². The summed E-state index contributed by atoms with van der Waals surface area (Å²) in [6.45, 7) is 2.74. The van der Waals surface area contributed by atoms with E-state index in [1.165, 1.54) is 18.4 Å². The molecule has 146 valence electrons. The maximum absolute atomic E-state index is 12.8. The molecule has 26 heavy (non-hydrogen) atoms. The molecule has 0 fully saturated rings. The monoisotopic (exact) mass is 386 g/mol. The van der Waals surface area contributed by atoms with Gasteiger partial charge in [-0.25, -0.2) is 12.8 Å². The van der Waals surface area contributed by atoms with E-state index in [9.17, 15) is 17.6 Å². The molecule has 9 heteroatoms. The number of hydrogen-bond acceptors (Lipinski definition) is 4. The minimum absolute atomic E-state index is 0.0519. The average Bonchev–Trinajstić information content (AvgIpc) is 2.57. The molecule has 0 aromatic heterocycles. The minimum Gasteiger partial charge on any atom is -0.355 e. The van der Waals surface area contributed by atoms with Crippen LogP contribution in [0.5, 0.6) is 0 Å². The first-order valence-electron chi connectivity index (χ1n) is 8.35.